The smallest absolute Gasteiger partial charge is 0.129 e. The topological polar surface area (TPSA) is 12.9 Å². The van der Waals surface area contributed by atoms with Gasteiger partial charge in [0, 0.05) is 28.8 Å². The van der Waals surface area contributed by atoms with E-state index in [2.05, 4.69) is 47.9 Å². The Morgan fingerprint density at radius 1 is 0.864 bits per heavy atom. The zero-order valence-corrected chi connectivity index (χ0v) is 15.0. The average molecular weight is 308 g/mol. The third-order valence-electron chi connectivity index (χ3n) is 5.10. The van der Waals surface area contributed by atoms with Crippen molar-refractivity contribution in [1.29, 1.82) is 0 Å². The Morgan fingerprint density at radius 2 is 1.36 bits per heavy atom. The third kappa shape index (κ3) is 3.45. The molecule has 0 aliphatic heterocycles. The van der Waals surface area contributed by atoms with Crippen LogP contribution in [-0.4, -0.2) is 13.1 Å². The molecule has 114 valence electrons. The molecule has 0 saturated heterocycles. The summed E-state index contributed by atoms with van der Waals surface area (Å²) in [5.74, 6) is 10.7. The molecule has 1 aromatic heterocycles. The molecule has 4 rings (SSSR count). The van der Waals surface area contributed by atoms with Crippen molar-refractivity contribution in [2.24, 2.45) is 10.8 Å². The van der Waals surface area contributed by atoms with Gasteiger partial charge in [-0.1, -0.05) is 31.5 Å². The van der Waals surface area contributed by atoms with Gasteiger partial charge in [-0.3, -0.25) is 4.98 Å². The highest BCUT2D eigenvalue weighted by Crippen LogP contribution is 2.56. The van der Waals surface area contributed by atoms with Crippen LogP contribution in [0, 0.1) is 34.1 Å². The molecule has 1 aromatic rings. The number of hydrogen-bond donors (Lipinski definition) is 0. The number of rotatable bonds is 0. The molecule has 0 amide bonds. The van der Waals surface area contributed by atoms with Crippen LogP contribution in [0.25, 0.3) is 0 Å². The van der Waals surface area contributed by atoms with Crippen LogP contribution in [0.2, 0.25) is 19.6 Å². The highest BCUT2D eigenvalue weighted by molar-refractivity contribution is 6.83. The van der Waals surface area contributed by atoms with Crippen LogP contribution < -0.4 is 0 Å². The Kier molecular flexibility index (Phi) is 3.92. The molecular formula is C20H25NSi. The van der Waals surface area contributed by atoms with E-state index in [4.69, 9.17) is 0 Å². The van der Waals surface area contributed by atoms with Gasteiger partial charge in [0.2, 0.25) is 0 Å². The van der Waals surface area contributed by atoms with Crippen molar-refractivity contribution in [3.63, 3.8) is 0 Å². The minimum Gasteiger partial charge on any atom is -0.265 e. The number of pyridine rings is 1. The number of aromatic nitrogens is 1. The van der Waals surface area contributed by atoms with Gasteiger partial charge in [-0.05, 0) is 50.7 Å². The summed E-state index contributed by atoms with van der Waals surface area (Å²) in [6, 6.07) is 4.00. The Labute approximate surface area is 135 Å². The minimum atomic E-state index is -1.26. The van der Waals surface area contributed by atoms with E-state index in [1.54, 1.807) is 0 Å². The highest BCUT2D eigenvalue weighted by Gasteiger charge is 2.47. The van der Waals surface area contributed by atoms with Crippen LogP contribution in [0.3, 0.4) is 0 Å². The predicted octanol–water partition coefficient (Wildman–Crippen LogP) is 4.65. The van der Waals surface area contributed by atoms with Gasteiger partial charge in [-0.15, -0.1) is 11.5 Å². The van der Waals surface area contributed by atoms with Gasteiger partial charge in [0.1, 0.15) is 8.07 Å². The van der Waals surface area contributed by atoms with E-state index in [-0.39, 0.29) is 5.41 Å². The fraction of sp³-hybridized carbons (Fsp3) is 0.550. The number of hydrogen-bond acceptors (Lipinski definition) is 1. The van der Waals surface area contributed by atoms with Crippen molar-refractivity contribution < 1.29 is 0 Å². The molecular weight excluding hydrogens is 282 g/mol. The summed E-state index contributed by atoms with van der Waals surface area (Å²) >= 11 is 0. The Morgan fingerprint density at radius 3 is 1.86 bits per heavy atom. The van der Waals surface area contributed by atoms with Gasteiger partial charge in [-0.2, -0.15) is 0 Å². The van der Waals surface area contributed by atoms with Crippen LogP contribution in [0.15, 0.2) is 24.5 Å². The van der Waals surface area contributed by atoms with Crippen molar-refractivity contribution in [2.75, 3.05) is 0 Å². The van der Waals surface area contributed by atoms with E-state index in [0.717, 1.165) is 5.56 Å². The quantitative estimate of drug-likeness (QED) is 0.502. The molecule has 0 radical (unpaired) electrons. The zero-order chi connectivity index (χ0) is 15.7. The van der Waals surface area contributed by atoms with E-state index >= 15 is 0 Å². The van der Waals surface area contributed by atoms with Gasteiger partial charge in [0.25, 0.3) is 0 Å². The summed E-state index contributed by atoms with van der Waals surface area (Å²) in [5.41, 5.74) is 5.29. The molecule has 0 atom stereocenters. The predicted molar refractivity (Wildman–Crippen MR) is 94.8 cm³/mol. The lowest BCUT2D eigenvalue weighted by molar-refractivity contribution is 0.0718. The molecule has 0 spiro atoms. The average Bonchev–Trinajstić information content (AvgIpc) is 2.54. The van der Waals surface area contributed by atoms with Crippen molar-refractivity contribution in [3.05, 3.63) is 30.1 Å². The van der Waals surface area contributed by atoms with Crippen LogP contribution >= 0.6 is 0 Å². The first-order chi connectivity index (χ1) is 10.4. The third-order valence-corrected chi connectivity index (χ3v) is 5.98. The van der Waals surface area contributed by atoms with Gasteiger partial charge in [-0.25, -0.2) is 0 Å². The summed E-state index contributed by atoms with van der Waals surface area (Å²) in [7, 11) is -1.26. The van der Waals surface area contributed by atoms with Gasteiger partial charge < -0.3 is 0 Å². The summed E-state index contributed by atoms with van der Waals surface area (Å²) < 4.78 is 0. The standard InChI is InChI=1S/C20H25NSi/c1-22(2,3)17-14-20-11-8-19(9-12-20,10-13-20)7-4-18-5-15-21-16-6-18/h5-6,15-16H,8-13H2,1-3H3. The first-order valence-corrected chi connectivity index (χ1v) is 11.9. The normalized spacial score (nSPS) is 30.0. The fourth-order valence-electron chi connectivity index (χ4n) is 3.52. The second-order valence-corrected chi connectivity index (χ2v) is 12.8. The van der Waals surface area contributed by atoms with Crippen LogP contribution in [0.5, 0.6) is 0 Å². The molecule has 0 N–H and O–H groups in total. The van der Waals surface area contributed by atoms with E-state index in [0.29, 0.717) is 5.41 Å². The summed E-state index contributed by atoms with van der Waals surface area (Å²) in [5, 5.41) is 0. The summed E-state index contributed by atoms with van der Waals surface area (Å²) in [6.45, 7) is 7.02. The summed E-state index contributed by atoms with van der Waals surface area (Å²) in [4.78, 5) is 4.06. The maximum atomic E-state index is 4.06. The maximum Gasteiger partial charge on any atom is 0.129 e. The van der Waals surface area contributed by atoms with E-state index in [9.17, 15) is 0 Å². The Bertz CT molecular complexity index is 636. The second kappa shape index (κ2) is 5.60. The van der Waals surface area contributed by atoms with Gasteiger partial charge in [0.05, 0.1) is 0 Å². The molecule has 0 unspecified atom stereocenters. The Balaban J connectivity index is 1.73. The largest absolute Gasteiger partial charge is 0.265 e. The molecule has 3 aliphatic carbocycles. The molecule has 3 fully saturated rings. The fourth-order valence-corrected chi connectivity index (χ4v) is 4.16. The SMILES string of the molecule is C[Si](C)(C)C#CC12CCC(C#Cc3ccncc3)(CC1)CC2. The van der Waals surface area contributed by atoms with Crippen LogP contribution in [0.1, 0.15) is 44.1 Å². The zero-order valence-electron chi connectivity index (χ0n) is 14.0. The van der Waals surface area contributed by atoms with Crippen LogP contribution in [-0.2, 0) is 0 Å². The van der Waals surface area contributed by atoms with Crippen molar-refractivity contribution in [2.45, 2.75) is 58.2 Å². The molecule has 22 heavy (non-hydrogen) atoms. The lowest BCUT2D eigenvalue weighted by atomic mass is 9.54. The molecule has 1 heterocycles. The first-order valence-electron chi connectivity index (χ1n) is 8.38. The Hall–Kier alpha value is -1.51. The molecule has 1 nitrogen and oxygen atoms in total. The molecule has 3 aliphatic rings. The van der Waals surface area contributed by atoms with Crippen molar-refractivity contribution in [3.8, 4) is 23.3 Å². The van der Waals surface area contributed by atoms with E-state index < -0.39 is 8.07 Å². The highest BCUT2D eigenvalue weighted by atomic mass is 28.3. The lowest BCUT2D eigenvalue weighted by Crippen LogP contribution is -2.40. The number of fused-ring (bicyclic) bond motifs is 3. The molecule has 0 aromatic carbocycles. The summed E-state index contributed by atoms with van der Waals surface area (Å²) in [6.07, 6.45) is 11.1. The monoisotopic (exact) mass is 307 g/mol. The van der Waals surface area contributed by atoms with Gasteiger partial charge in [0.15, 0.2) is 0 Å². The maximum absolute atomic E-state index is 4.06. The van der Waals surface area contributed by atoms with E-state index in [1.807, 2.05) is 24.5 Å². The number of nitrogens with zero attached hydrogens (tertiary/aromatic N) is 1. The second-order valence-electron chi connectivity index (χ2n) is 8.05. The van der Waals surface area contributed by atoms with Crippen molar-refractivity contribution >= 4 is 8.07 Å². The van der Waals surface area contributed by atoms with Gasteiger partial charge >= 0.3 is 0 Å². The van der Waals surface area contributed by atoms with E-state index in [1.165, 1.54) is 38.5 Å². The molecule has 2 bridgehead atoms. The molecule has 2 heteroatoms. The van der Waals surface area contributed by atoms with Crippen LogP contribution in [0.4, 0.5) is 0 Å². The molecule has 3 saturated carbocycles. The first kappa shape index (κ1) is 15.4. The lowest BCUT2D eigenvalue weighted by Gasteiger charge is -2.49. The minimum absolute atomic E-state index is 0.256. The van der Waals surface area contributed by atoms with Crippen molar-refractivity contribution in [1.82, 2.24) is 4.98 Å².